The molecule has 1 N–H and O–H groups in total. The van der Waals surface area contributed by atoms with E-state index in [4.69, 9.17) is 14.2 Å². The molecule has 166 valence electrons. The van der Waals surface area contributed by atoms with Crippen LogP contribution in [0.2, 0.25) is 0 Å². The van der Waals surface area contributed by atoms with Crippen LogP contribution in [0, 0.1) is 0 Å². The Morgan fingerprint density at radius 2 is 1.52 bits per heavy atom. The van der Waals surface area contributed by atoms with E-state index in [1.165, 1.54) is 6.42 Å². The van der Waals surface area contributed by atoms with Gasteiger partial charge in [0.15, 0.2) is 5.75 Å². The van der Waals surface area contributed by atoms with Gasteiger partial charge in [0.25, 0.3) is 5.56 Å². The van der Waals surface area contributed by atoms with E-state index in [1.807, 2.05) is 48.5 Å². The zero-order chi connectivity index (χ0) is 21.9. The van der Waals surface area contributed by atoms with Gasteiger partial charge in [-0.1, -0.05) is 69.9 Å². The molecule has 0 amide bonds. The summed E-state index contributed by atoms with van der Waals surface area (Å²) in [6.45, 7) is 5.81. The SMILES string of the molecule is CCCCCCOc1c(OCCCC)c2ccc(OCc3ccccc3)cc2[nH]c1=O. The van der Waals surface area contributed by atoms with Crippen molar-refractivity contribution in [2.24, 2.45) is 0 Å². The first-order chi connectivity index (χ1) is 15.2. The summed E-state index contributed by atoms with van der Waals surface area (Å²) < 4.78 is 17.8. The summed E-state index contributed by atoms with van der Waals surface area (Å²) in [6, 6.07) is 15.7. The first-order valence-corrected chi connectivity index (χ1v) is 11.3. The molecule has 1 aromatic heterocycles. The van der Waals surface area contributed by atoms with Crippen LogP contribution in [0.3, 0.4) is 0 Å². The molecule has 3 aromatic rings. The molecule has 0 bridgehead atoms. The summed E-state index contributed by atoms with van der Waals surface area (Å²) in [5, 5.41) is 0.825. The number of ether oxygens (including phenoxy) is 3. The number of fused-ring (bicyclic) bond motifs is 1. The lowest BCUT2D eigenvalue weighted by Crippen LogP contribution is -2.15. The van der Waals surface area contributed by atoms with Gasteiger partial charge in [-0.25, -0.2) is 0 Å². The minimum atomic E-state index is -0.269. The van der Waals surface area contributed by atoms with Crippen LogP contribution >= 0.6 is 0 Å². The van der Waals surface area contributed by atoms with Crippen molar-refractivity contribution in [2.45, 2.75) is 59.0 Å². The van der Waals surface area contributed by atoms with Gasteiger partial charge in [-0.15, -0.1) is 0 Å². The van der Waals surface area contributed by atoms with E-state index in [0.717, 1.165) is 43.1 Å². The summed E-state index contributed by atoms with van der Waals surface area (Å²) in [5.74, 6) is 1.50. The Kier molecular flexibility index (Phi) is 8.83. The zero-order valence-electron chi connectivity index (χ0n) is 18.6. The molecule has 0 unspecified atom stereocenters. The van der Waals surface area contributed by atoms with Gasteiger partial charge in [-0.2, -0.15) is 0 Å². The van der Waals surface area contributed by atoms with Gasteiger partial charge in [0, 0.05) is 11.5 Å². The molecule has 2 aromatic carbocycles. The van der Waals surface area contributed by atoms with Gasteiger partial charge in [0.2, 0.25) is 5.75 Å². The normalized spacial score (nSPS) is 10.9. The van der Waals surface area contributed by atoms with Crippen molar-refractivity contribution in [1.29, 1.82) is 0 Å². The van der Waals surface area contributed by atoms with E-state index < -0.39 is 0 Å². The van der Waals surface area contributed by atoms with Crippen LogP contribution < -0.4 is 19.8 Å². The smallest absolute Gasteiger partial charge is 0.294 e. The lowest BCUT2D eigenvalue weighted by molar-refractivity contribution is 0.260. The first-order valence-electron chi connectivity index (χ1n) is 11.3. The van der Waals surface area contributed by atoms with Crippen LogP contribution in [0.4, 0.5) is 0 Å². The van der Waals surface area contributed by atoms with Crippen molar-refractivity contribution in [2.75, 3.05) is 13.2 Å². The fraction of sp³-hybridized carbons (Fsp3) is 0.423. The number of rotatable bonds is 13. The van der Waals surface area contributed by atoms with Gasteiger partial charge in [-0.05, 0) is 30.5 Å². The molecule has 0 aliphatic heterocycles. The van der Waals surface area contributed by atoms with Crippen molar-refractivity contribution < 1.29 is 14.2 Å². The molecule has 0 fully saturated rings. The molecule has 5 nitrogen and oxygen atoms in total. The predicted molar refractivity (Wildman–Crippen MR) is 125 cm³/mol. The Balaban J connectivity index is 1.82. The zero-order valence-corrected chi connectivity index (χ0v) is 18.6. The van der Waals surface area contributed by atoms with Gasteiger partial charge in [-0.3, -0.25) is 4.79 Å². The summed E-state index contributed by atoms with van der Waals surface area (Å²) in [6.07, 6.45) is 6.29. The second-order valence-electron chi connectivity index (χ2n) is 7.71. The van der Waals surface area contributed by atoms with Crippen molar-refractivity contribution in [3.8, 4) is 17.2 Å². The number of benzene rings is 2. The Bertz CT molecular complexity index is 997. The van der Waals surface area contributed by atoms with Crippen molar-refractivity contribution in [3.05, 3.63) is 64.4 Å². The van der Waals surface area contributed by atoms with Gasteiger partial charge in [0.05, 0.1) is 18.7 Å². The minimum absolute atomic E-state index is 0.269. The predicted octanol–water partition coefficient (Wildman–Crippen LogP) is 6.25. The molecule has 0 saturated carbocycles. The first kappa shape index (κ1) is 22.7. The highest BCUT2D eigenvalue weighted by molar-refractivity contribution is 5.88. The minimum Gasteiger partial charge on any atom is -0.489 e. The summed E-state index contributed by atoms with van der Waals surface area (Å²) in [5.41, 5.74) is 1.50. The third-order valence-corrected chi connectivity index (χ3v) is 5.13. The molecule has 5 heteroatoms. The van der Waals surface area contributed by atoms with Crippen LogP contribution in [0.1, 0.15) is 57.9 Å². The van der Waals surface area contributed by atoms with E-state index in [-0.39, 0.29) is 11.3 Å². The summed E-state index contributed by atoms with van der Waals surface area (Å²) in [7, 11) is 0. The van der Waals surface area contributed by atoms with Crippen LogP contribution in [0.15, 0.2) is 53.3 Å². The Hall–Kier alpha value is -2.95. The topological polar surface area (TPSA) is 60.6 Å². The molecule has 0 saturated heterocycles. The average Bonchev–Trinajstić information content (AvgIpc) is 2.79. The second-order valence-corrected chi connectivity index (χ2v) is 7.71. The fourth-order valence-corrected chi connectivity index (χ4v) is 3.36. The number of aromatic amines is 1. The van der Waals surface area contributed by atoms with Crippen LogP contribution in [0.25, 0.3) is 10.9 Å². The Labute approximate surface area is 184 Å². The molecular formula is C26H33NO4. The lowest BCUT2D eigenvalue weighted by Gasteiger charge is -2.15. The van der Waals surface area contributed by atoms with Gasteiger partial charge < -0.3 is 19.2 Å². The van der Waals surface area contributed by atoms with E-state index in [1.54, 1.807) is 0 Å². The van der Waals surface area contributed by atoms with E-state index in [9.17, 15) is 4.79 Å². The highest BCUT2D eigenvalue weighted by Gasteiger charge is 2.16. The maximum atomic E-state index is 12.8. The largest absolute Gasteiger partial charge is 0.489 e. The van der Waals surface area contributed by atoms with Gasteiger partial charge >= 0.3 is 0 Å². The third kappa shape index (κ3) is 6.51. The number of pyridine rings is 1. The molecule has 31 heavy (non-hydrogen) atoms. The van der Waals surface area contributed by atoms with E-state index >= 15 is 0 Å². The summed E-state index contributed by atoms with van der Waals surface area (Å²) >= 11 is 0. The molecule has 0 aliphatic rings. The molecule has 0 atom stereocenters. The second kappa shape index (κ2) is 12.0. The Morgan fingerprint density at radius 3 is 2.29 bits per heavy atom. The van der Waals surface area contributed by atoms with E-state index in [0.29, 0.717) is 36.8 Å². The third-order valence-electron chi connectivity index (χ3n) is 5.13. The standard InChI is InChI=1S/C26H33NO4/c1-3-5-7-11-17-30-25-24(29-16-6-4-2)22-15-14-21(18-23(22)27-26(25)28)31-19-20-12-9-8-10-13-20/h8-10,12-15,18H,3-7,11,16-17,19H2,1-2H3,(H,27,28). The number of nitrogens with one attached hydrogen (secondary N) is 1. The van der Waals surface area contributed by atoms with Crippen LogP contribution in [-0.2, 0) is 6.61 Å². The molecule has 1 heterocycles. The number of hydrogen-bond donors (Lipinski definition) is 1. The maximum absolute atomic E-state index is 12.8. The van der Waals surface area contributed by atoms with Crippen LogP contribution in [-0.4, -0.2) is 18.2 Å². The fourth-order valence-electron chi connectivity index (χ4n) is 3.36. The number of hydrogen-bond acceptors (Lipinski definition) is 4. The number of unbranched alkanes of at least 4 members (excludes halogenated alkanes) is 4. The summed E-state index contributed by atoms with van der Waals surface area (Å²) in [4.78, 5) is 15.7. The van der Waals surface area contributed by atoms with Crippen molar-refractivity contribution in [1.82, 2.24) is 4.98 Å². The molecule has 0 aliphatic carbocycles. The number of aromatic nitrogens is 1. The number of H-pyrrole nitrogens is 1. The lowest BCUT2D eigenvalue weighted by atomic mass is 10.1. The van der Waals surface area contributed by atoms with Crippen LogP contribution in [0.5, 0.6) is 17.2 Å². The molecule has 0 spiro atoms. The monoisotopic (exact) mass is 423 g/mol. The maximum Gasteiger partial charge on any atom is 0.294 e. The quantitative estimate of drug-likeness (QED) is 0.330. The average molecular weight is 424 g/mol. The Morgan fingerprint density at radius 1 is 0.774 bits per heavy atom. The highest BCUT2D eigenvalue weighted by atomic mass is 16.5. The molecular weight excluding hydrogens is 390 g/mol. The highest BCUT2D eigenvalue weighted by Crippen LogP contribution is 2.34. The van der Waals surface area contributed by atoms with E-state index in [2.05, 4.69) is 18.8 Å². The van der Waals surface area contributed by atoms with Crippen molar-refractivity contribution in [3.63, 3.8) is 0 Å². The van der Waals surface area contributed by atoms with Gasteiger partial charge in [0.1, 0.15) is 12.4 Å². The molecule has 0 radical (unpaired) electrons. The van der Waals surface area contributed by atoms with Crippen molar-refractivity contribution >= 4 is 10.9 Å². The molecule has 3 rings (SSSR count).